The summed E-state index contributed by atoms with van der Waals surface area (Å²) in [7, 11) is 0. The Balaban J connectivity index is 1.85. The van der Waals surface area contributed by atoms with Crippen molar-refractivity contribution >= 4 is 29.1 Å². The SMILES string of the molecule is CCNC(=O)CN1CCN(C(C)C(=O)Nc2cc(Cl)ccc2F)CC1. The third kappa shape index (κ3) is 5.66. The molecule has 1 aliphatic rings. The standard InChI is InChI=1S/C17H24ClFN4O2/c1-3-20-16(24)11-22-6-8-23(9-7-22)12(2)17(25)21-15-10-13(18)4-5-14(15)19/h4-5,10,12H,3,6-9,11H2,1-2H3,(H,20,24)(H,21,25). The number of rotatable bonds is 6. The summed E-state index contributed by atoms with van der Waals surface area (Å²) >= 11 is 5.84. The predicted octanol–water partition coefficient (Wildman–Crippen LogP) is 1.56. The Labute approximate surface area is 152 Å². The molecule has 1 aromatic rings. The van der Waals surface area contributed by atoms with E-state index in [2.05, 4.69) is 15.5 Å². The number of amides is 2. The van der Waals surface area contributed by atoms with Crippen LogP contribution < -0.4 is 10.6 Å². The summed E-state index contributed by atoms with van der Waals surface area (Å²) in [5.41, 5.74) is 0.0826. The molecular weight excluding hydrogens is 347 g/mol. The van der Waals surface area contributed by atoms with Gasteiger partial charge < -0.3 is 10.6 Å². The van der Waals surface area contributed by atoms with Gasteiger partial charge in [0.25, 0.3) is 0 Å². The number of halogens is 2. The van der Waals surface area contributed by atoms with Crippen LogP contribution in [0.3, 0.4) is 0 Å². The van der Waals surface area contributed by atoms with Crippen molar-refractivity contribution in [3.63, 3.8) is 0 Å². The number of hydrogen-bond acceptors (Lipinski definition) is 4. The molecule has 2 amide bonds. The van der Waals surface area contributed by atoms with E-state index in [0.29, 0.717) is 44.3 Å². The van der Waals surface area contributed by atoms with Gasteiger partial charge in [-0.3, -0.25) is 19.4 Å². The maximum atomic E-state index is 13.7. The van der Waals surface area contributed by atoms with Crippen LogP contribution >= 0.6 is 11.6 Å². The quantitative estimate of drug-likeness (QED) is 0.797. The number of benzene rings is 1. The first kappa shape index (κ1) is 19.6. The van der Waals surface area contributed by atoms with Crippen molar-refractivity contribution in [1.82, 2.24) is 15.1 Å². The second-order valence-electron chi connectivity index (χ2n) is 6.06. The molecule has 0 bridgehead atoms. The summed E-state index contributed by atoms with van der Waals surface area (Å²) in [5.74, 6) is -0.784. The zero-order chi connectivity index (χ0) is 18.4. The average molecular weight is 371 g/mol. The van der Waals surface area contributed by atoms with Crippen LogP contribution in [0.2, 0.25) is 5.02 Å². The van der Waals surface area contributed by atoms with E-state index in [1.807, 2.05) is 11.8 Å². The molecule has 0 aliphatic carbocycles. The lowest BCUT2D eigenvalue weighted by Crippen LogP contribution is -2.54. The minimum atomic E-state index is -0.517. The first-order valence-corrected chi connectivity index (χ1v) is 8.77. The van der Waals surface area contributed by atoms with Crippen LogP contribution in [0.1, 0.15) is 13.8 Å². The second kappa shape index (κ2) is 9.12. The topological polar surface area (TPSA) is 64.7 Å². The lowest BCUT2D eigenvalue weighted by molar-refractivity contribution is -0.124. The summed E-state index contributed by atoms with van der Waals surface area (Å²) < 4.78 is 13.7. The maximum absolute atomic E-state index is 13.7. The molecule has 1 atom stereocenters. The molecule has 0 saturated carbocycles. The van der Waals surface area contributed by atoms with E-state index in [-0.39, 0.29) is 17.5 Å². The van der Waals surface area contributed by atoms with Crippen molar-refractivity contribution in [2.24, 2.45) is 0 Å². The van der Waals surface area contributed by atoms with Crippen molar-refractivity contribution < 1.29 is 14.0 Å². The van der Waals surface area contributed by atoms with Gasteiger partial charge in [-0.25, -0.2) is 4.39 Å². The molecule has 8 heteroatoms. The Hall–Kier alpha value is -1.70. The largest absolute Gasteiger partial charge is 0.355 e. The zero-order valence-corrected chi connectivity index (χ0v) is 15.3. The van der Waals surface area contributed by atoms with E-state index in [9.17, 15) is 14.0 Å². The Morgan fingerprint density at radius 1 is 1.28 bits per heavy atom. The van der Waals surface area contributed by atoms with E-state index in [0.717, 1.165) is 0 Å². The Bertz CT molecular complexity index is 621. The van der Waals surface area contributed by atoms with Crippen molar-refractivity contribution in [3.05, 3.63) is 29.0 Å². The smallest absolute Gasteiger partial charge is 0.241 e. The fraction of sp³-hybridized carbons (Fsp3) is 0.529. The van der Waals surface area contributed by atoms with Crippen LogP contribution in [0.5, 0.6) is 0 Å². The molecule has 1 aliphatic heterocycles. The lowest BCUT2D eigenvalue weighted by Gasteiger charge is -2.37. The van der Waals surface area contributed by atoms with Gasteiger partial charge in [-0.15, -0.1) is 0 Å². The van der Waals surface area contributed by atoms with Crippen molar-refractivity contribution in [2.75, 3.05) is 44.6 Å². The zero-order valence-electron chi connectivity index (χ0n) is 14.5. The number of carbonyl (C=O) groups is 2. The van der Waals surface area contributed by atoms with E-state index in [1.54, 1.807) is 6.92 Å². The number of nitrogens with zero attached hydrogens (tertiary/aromatic N) is 2. The summed E-state index contributed by atoms with van der Waals surface area (Å²) in [6, 6.07) is 3.66. The Kier molecular flexibility index (Phi) is 7.16. The first-order valence-electron chi connectivity index (χ1n) is 8.39. The number of hydrogen-bond donors (Lipinski definition) is 2. The molecule has 1 heterocycles. The van der Waals surface area contributed by atoms with Crippen LogP contribution in [0.4, 0.5) is 10.1 Å². The molecule has 1 unspecified atom stereocenters. The number of nitrogens with one attached hydrogen (secondary N) is 2. The summed E-state index contributed by atoms with van der Waals surface area (Å²) in [6.07, 6.45) is 0. The number of anilines is 1. The van der Waals surface area contributed by atoms with Gasteiger partial charge in [0.2, 0.25) is 11.8 Å². The fourth-order valence-corrected chi connectivity index (χ4v) is 2.93. The van der Waals surface area contributed by atoms with Crippen LogP contribution in [0, 0.1) is 5.82 Å². The van der Waals surface area contributed by atoms with Gasteiger partial charge >= 0.3 is 0 Å². The van der Waals surface area contributed by atoms with Gasteiger partial charge in [0.05, 0.1) is 18.3 Å². The average Bonchev–Trinajstić information content (AvgIpc) is 2.58. The third-order valence-corrected chi connectivity index (χ3v) is 4.50. The fourth-order valence-electron chi connectivity index (χ4n) is 2.76. The molecule has 2 rings (SSSR count). The molecule has 138 valence electrons. The maximum Gasteiger partial charge on any atom is 0.241 e. The van der Waals surface area contributed by atoms with Crippen LogP contribution in [-0.2, 0) is 9.59 Å². The molecule has 2 N–H and O–H groups in total. The highest BCUT2D eigenvalue weighted by Gasteiger charge is 2.26. The van der Waals surface area contributed by atoms with E-state index < -0.39 is 11.9 Å². The van der Waals surface area contributed by atoms with Gasteiger partial charge in [-0.05, 0) is 32.0 Å². The first-order chi connectivity index (χ1) is 11.9. The van der Waals surface area contributed by atoms with E-state index in [4.69, 9.17) is 11.6 Å². The minimum Gasteiger partial charge on any atom is -0.355 e. The van der Waals surface area contributed by atoms with Gasteiger partial charge in [0.1, 0.15) is 5.82 Å². The molecule has 0 spiro atoms. The second-order valence-corrected chi connectivity index (χ2v) is 6.49. The van der Waals surface area contributed by atoms with Gasteiger partial charge in [0.15, 0.2) is 0 Å². The van der Waals surface area contributed by atoms with Gasteiger partial charge in [-0.1, -0.05) is 11.6 Å². The Morgan fingerprint density at radius 2 is 1.96 bits per heavy atom. The van der Waals surface area contributed by atoms with E-state index in [1.165, 1.54) is 18.2 Å². The van der Waals surface area contributed by atoms with E-state index >= 15 is 0 Å². The Morgan fingerprint density at radius 3 is 2.60 bits per heavy atom. The third-order valence-electron chi connectivity index (χ3n) is 4.26. The number of carbonyl (C=O) groups excluding carboxylic acids is 2. The highest BCUT2D eigenvalue weighted by Crippen LogP contribution is 2.20. The van der Waals surface area contributed by atoms with Crippen molar-refractivity contribution in [2.45, 2.75) is 19.9 Å². The monoisotopic (exact) mass is 370 g/mol. The van der Waals surface area contributed by atoms with Gasteiger partial charge in [-0.2, -0.15) is 0 Å². The molecule has 0 radical (unpaired) electrons. The lowest BCUT2D eigenvalue weighted by atomic mass is 10.2. The minimum absolute atomic E-state index is 0.0122. The number of likely N-dealkylation sites (N-methyl/N-ethyl adjacent to an activating group) is 1. The van der Waals surface area contributed by atoms with Gasteiger partial charge in [0, 0.05) is 37.7 Å². The highest BCUT2D eigenvalue weighted by molar-refractivity contribution is 6.30. The van der Waals surface area contributed by atoms with Crippen LogP contribution in [-0.4, -0.2) is 66.9 Å². The highest BCUT2D eigenvalue weighted by atomic mass is 35.5. The van der Waals surface area contributed by atoms with Crippen molar-refractivity contribution in [1.29, 1.82) is 0 Å². The summed E-state index contributed by atoms with van der Waals surface area (Å²) in [6.45, 7) is 7.43. The normalized spacial score (nSPS) is 17.1. The van der Waals surface area contributed by atoms with Crippen molar-refractivity contribution in [3.8, 4) is 0 Å². The molecule has 0 aromatic heterocycles. The molecule has 1 aromatic carbocycles. The molecular formula is C17H24ClFN4O2. The van der Waals surface area contributed by atoms with Crippen LogP contribution in [0.25, 0.3) is 0 Å². The molecule has 1 fully saturated rings. The summed E-state index contributed by atoms with van der Waals surface area (Å²) in [4.78, 5) is 28.1. The molecule has 25 heavy (non-hydrogen) atoms. The molecule has 6 nitrogen and oxygen atoms in total. The summed E-state index contributed by atoms with van der Waals surface area (Å²) in [5, 5.41) is 5.73. The molecule has 1 saturated heterocycles. The predicted molar refractivity (Wildman–Crippen MR) is 96.2 cm³/mol. The number of piperazine rings is 1. The van der Waals surface area contributed by atoms with Crippen LogP contribution in [0.15, 0.2) is 18.2 Å².